The smallest absolute Gasteiger partial charge is 0.247 e. The molecule has 0 saturated heterocycles. The summed E-state index contributed by atoms with van der Waals surface area (Å²) >= 11 is 11.7. The van der Waals surface area contributed by atoms with Crippen LogP contribution in [-0.2, 0) is 19.5 Å². The van der Waals surface area contributed by atoms with Crippen molar-refractivity contribution in [3.63, 3.8) is 0 Å². The van der Waals surface area contributed by atoms with Crippen LogP contribution in [0.15, 0.2) is 17.0 Å². The van der Waals surface area contributed by atoms with E-state index in [0.29, 0.717) is 13.2 Å². The minimum Gasteiger partial charge on any atom is -0.505 e. The molecule has 0 saturated carbocycles. The number of nitrogens with zero attached hydrogens (tertiary/aromatic N) is 1. The second-order valence-corrected chi connectivity index (χ2v) is 7.28. The topological polar surface area (TPSA) is 76.1 Å². The summed E-state index contributed by atoms with van der Waals surface area (Å²) in [7, 11) is -3.98. The van der Waals surface area contributed by atoms with Crippen LogP contribution in [-0.4, -0.2) is 57.3 Å². The lowest BCUT2D eigenvalue weighted by atomic mass is 10.3. The molecule has 1 rings (SSSR count). The zero-order chi connectivity index (χ0) is 17.5. The fourth-order valence-electron chi connectivity index (χ4n) is 1.85. The van der Waals surface area contributed by atoms with Gasteiger partial charge in [-0.25, -0.2) is 8.42 Å². The van der Waals surface area contributed by atoms with Crippen molar-refractivity contribution in [2.75, 3.05) is 39.5 Å². The molecule has 0 bridgehead atoms. The van der Waals surface area contributed by atoms with Gasteiger partial charge >= 0.3 is 0 Å². The maximum Gasteiger partial charge on any atom is 0.247 e. The molecular formula is C14H21Cl2NO5S. The number of sulfonamides is 1. The highest BCUT2D eigenvalue weighted by atomic mass is 35.5. The Labute approximate surface area is 146 Å². The van der Waals surface area contributed by atoms with Crippen LogP contribution in [0.2, 0.25) is 10.0 Å². The molecule has 0 spiro atoms. The van der Waals surface area contributed by atoms with Gasteiger partial charge in [-0.05, 0) is 26.0 Å². The van der Waals surface area contributed by atoms with Crippen molar-refractivity contribution in [3.8, 4) is 5.75 Å². The van der Waals surface area contributed by atoms with E-state index < -0.39 is 15.8 Å². The average Bonchev–Trinajstić information content (AvgIpc) is 2.49. The fraction of sp³-hybridized carbons (Fsp3) is 0.571. The zero-order valence-corrected chi connectivity index (χ0v) is 15.4. The van der Waals surface area contributed by atoms with Gasteiger partial charge in [-0.1, -0.05) is 23.2 Å². The molecule has 1 aromatic rings. The predicted octanol–water partition coefficient (Wildman–Crippen LogP) is 2.76. The number of phenolic OH excluding ortho intramolecular Hbond substituents is 1. The number of hydrogen-bond donors (Lipinski definition) is 1. The van der Waals surface area contributed by atoms with Crippen LogP contribution in [0.4, 0.5) is 0 Å². The molecule has 0 radical (unpaired) electrons. The summed E-state index contributed by atoms with van der Waals surface area (Å²) < 4.78 is 37.2. The Kier molecular flexibility index (Phi) is 8.60. The van der Waals surface area contributed by atoms with Gasteiger partial charge in [-0.3, -0.25) is 0 Å². The van der Waals surface area contributed by atoms with Crippen molar-refractivity contribution in [1.82, 2.24) is 4.31 Å². The first-order valence-electron chi connectivity index (χ1n) is 7.18. The van der Waals surface area contributed by atoms with Gasteiger partial charge in [0.05, 0.1) is 18.2 Å². The first-order chi connectivity index (χ1) is 10.8. The van der Waals surface area contributed by atoms with E-state index in [1.54, 1.807) is 0 Å². The van der Waals surface area contributed by atoms with Gasteiger partial charge in [0.1, 0.15) is 4.90 Å². The number of halogens is 2. The summed E-state index contributed by atoms with van der Waals surface area (Å²) in [5.74, 6) is -0.520. The molecule has 9 heteroatoms. The van der Waals surface area contributed by atoms with Crippen LogP contribution in [0.1, 0.15) is 13.8 Å². The number of rotatable bonds is 10. The molecule has 0 unspecified atom stereocenters. The van der Waals surface area contributed by atoms with Crippen LogP contribution < -0.4 is 0 Å². The van der Waals surface area contributed by atoms with E-state index in [4.69, 9.17) is 32.7 Å². The van der Waals surface area contributed by atoms with Crippen LogP contribution in [0.5, 0.6) is 5.75 Å². The van der Waals surface area contributed by atoms with Crippen molar-refractivity contribution in [1.29, 1.82) is 0 Å². The summed E-state index contributed by atoms with van der Waals surface area (Å²) in [4.78, 5) is -0.331. The Morgan fingerprint density at radius 3 is 2.09 bits per heavy atom. The van der Waals surface area contributed by atoms with Gasteiger partial charge in [0.25, 0.3) is 0 Å². The molecule has 0 atom stereocenters. The van der Waals surface area contributed by atoms with E-state index in [2.05, 4.69) is 0 Å². The summed E-state index contributed by atoms with van der Waals surface area (Å²) in [6.45, 7) is 5.33. The maximum atomic E-state index is 12.8. The Bertz CT molecular complexity index is 599. The molecule has 0 aromatic heterocycles. The van der Waals surface area contributed by atoms with Crippen LogP contribution in [0, 0.1) is 0 Å². The van der Waals surface area contributed by atoms with Crippen molar-refractivity contribution in [2.45, 2.75) is 18.7 Å². The van der Waals surface area contributed by atoms with Gasteiger partial charge in [-0.2, -0.15) is 4.31 Å². The number of aromatic hydroxyl groups is 1. The quantitative estimate of drug-likeness (QED) is 0.626. The highest BCUT2D eigenvalue weighted by Gasteiger charge is 2.28. The number of ether oxygens (including phenoxy) is 2. The van der Waals surface area contributed by atoms with E-state index in [-0.39, 0.29) is 41.2 Å². The van der Waals surface area contributed by atoms with Crippen molar-refractivity contribution < 1.29 is 23.0 Å². The lowest BCUT2D eigenvalue weighted by Crippen LogP contribution is -2.36. The zero-order valence-electron chi connectivity index (χ0n) is 13.1. The van der Waals surface area contributed by atoms with Crippen molar-refractivity contribution >= 4 is 33.2 Å². The molecule has 0 aliphatic rings. The highest BCUT2D eigenvalue weighted by Crippen LogP contribution is 2.35. The fourth-order valence-corrected chi connectivity index (χ4v) is 4.00. The first-order valence-corrected chi connectivity index (χ1v) is 9.37. The van der Waals surface area contributed by atoms with Crippen LogP contribution in [0.25, 0.3) is 0 Å². The summed E-state index contributed by atoms with van der Waals surface area (Å²) in [5.41, 5.74) is 0. The van der Waals surface area contributed by atoms with Gasteiger partial charge in [0.15, 0.2) is 5.75 Å². The Balaban J connectivity index is 3.10. The SMILES string of the molecule is CCOCCN(CCOCC)S(=O)(=O)c1cc(Cl)cc(Cl)c1O. The van der Waals surface area contributed by atoms with E-state index in [9.17, 15) is 13.5 Å². The molecule has 132 valence electrons. The Morgan fingerprint density at radius 1 is 1.09 bits per heavy atom. The molecule has 0 heterocycles. The minimum absolute atomic E-state index is 0.120. The third-order valence-corrected chi connectivity index (χ3v) is 5.41. The van der Waals surface area contributed by atoms with Crippen LogP contribution >= 0.6 is 23.2 Å². The number of phenols is 1. The molecule has 0 aliphatic heterocycles. The number of benzene rings is 1. The second kappa shape index (κ2) is 9.66. The summed E-state index contributed by atoms with van der Waals surface area (Å²) in [5, 5.41) is 10.00. The van der Waals surface area contributed by atoms with Crippen LogP contribution in [0.3, 0.4) is 0 Å². The standard InChI is InChI=1S/C14H21Cl2NO5S/c1-3-21-7-5-17(6-8-22-4-2)23(19,20)13-10-11(15)9-12(16)14(13)18/h9-10,18H,3-8H2,1-2H3. The lowest BCUT2D eigenvalue weighted by molar-refractivity contribution is 0.110. The minimum atomic E-state index is -3.98. The third-order valence-electron chi connectivity index (χ3n) is 2.99. The number of hydrogen-bond acceptors (Lipinski definition) is 5. The molecule has 23 heavy (non-hydrogen) atoms. The van der Waals surface area contributed by atoms with Crippen molar-refractivity contribution in [2.24, 2.45) is 0 Å². The molecular weight excluding hydrogens is 365 g/mol. The van der Waals surface area contributed by atoms with Gasteiger partial charge in [0, 0.05) is 31.3 Å². The lowest BCUT2D eigenvalue weighted by Gasteiger charge is -2.22. The van der Waals surface area contributed by atoms with E-state index in [1.807, 2.05) is 13.8 Å². The molecule has 6 nitrogen and oxygen atoms in total. The predicted molar refractivity (Wildman–Crippen MR) is 89.9 cm³/mol. The van der Waals surface area contributed by atoms with Crippen molar-refractivity contribution in [3.05, 3.63) is 22.2 Å². The summed E-state index contributed by atoms with van der Waals surface area (Å²) in [6.07, 6.45) is 0. The molecule has 0 fully saturated rings. The van der Waals surface area contributed by atoms with E-state index in [1.165, 1.54) is 16.4 Å². The van der Waals surface area contributed by atoms with Gasteiger partial charge in [-0.15, -0.1) is 0 Å². The molecule has 0 amide bonds. The van der Waals surface area contributed by atoms with E-state index >= 15 is 0 Å². The first kappa shape index (κ1) is 20.5. The monoisotopic (exact) mass is 385 g/mol. The van der Waals surface area contributed by atoms with Gasteiger partial charge in [0.2, 0.25) is 10.0 Å². The molecule has 0 aliphatic carbocycles. The Morgan fingerprint density at radius 2 is 1.61 bits per heavy atom. The maximum absolute atomic E-state index is 12.8. The second-order valence-electron chi connectivity index (χ2n) is 4.53. The summed E-state index contributed by atoms with van der Waals surface area (Å²) in [6, 6.07) is 2.45. The average molecular weight is 386 g/mol. The normalized spacial score (nSPS) is 12.0. The Hall–Kier alpha value is -0.570. The largest absolute Gasteiger partial charge is 0.505 e. The van der Waals surface area contributed by atoms with Gasteiger partial charge < -0.3 is 14.6 Å². The highest BCUT2D eigenvalue weighted by molar-refractivity contribution is 7.89. The molecule has 1 N–H and O–H groups in total. The third kappa shape index (κ3) is 5.77. The molecule has 1 aromatic carbocycles. The van der Waals surface area contributed by atoms with E-state index in [0.717, 1.165) is 0 Å².